The highest BCUT2D eigenvalue weighted by Gasteiger charge is 2.18. The van der Waals surface area contributed by atoms with Crippen LogP contribution in [0.4, 0.5) is 5.69 Å². The van der Waals surface area contributed by atoms with Crippen molar-refractivity contribution >= 4 is 11.7 Å². The van der Waals surface area contributed by atoms with E-state index < -0.39 is 10.9 Å². The van der Waals surface area contributed by atoms with Crippen molar-refractivity contribution in [2.45, 2.75) is 0 Å². The van der Waals surface area contributed by atoms with Crippen molar-refractivity contribution in [1.29, 1.82) is 5.26 Å². The number of carbonyl (C=O) groups is 1. The molecule has 110 valence electrons. The van der Waals surface area contributed by atoms with Gasteiger partial charge in [-0.2, -0.15) is 5.26 Å². The highest BCUT2D eigenvalue weighted by molar-refractivity contribution is 5.93. The van der Waals surface area contributed by atoms with Gasteiger partial charge in [-0.25, -0.2) is 4.79 Å². The fourth-order valence-electron chi connectivity index (χ4n) is 1.71. The van der Waals surface area contributed by atoms with Crippen molar-refractivity contribution in [3.05, 3.63) is 63.7 Å². The monoisotopic (exact) mass is 298 g/mol. The normalized spacial score (nSPS) is 9.64. The summed E-state index contributed by atoms with van der Waals surface area (Å²) in [4.78, 5) is 21.9. The van der Waals surface area contributed by atoms with Crippen LogP contribution in [0.15, 0.2) is 42.5 Å². The van der Waals surface area contributed by atoms with Gasteiger partial charge in [0.15, 0.2) is 0 Å². The molecule has 7 heteroatoms. The van der Waals surface area contributed by atoms with Crippen molar-refractivity contribution in [2.75, 3.05) is 7.11 Å². The molecule has 7 nitrogen and oxygen atoms in total. The maximum atomic E-state index is 11.7. The van der Waals surface area contributed by atoms with Gasteiger partial charge in [0, 0.05) is 12.1 Å². The van der Waals surface area contributed by atoms with E-state index in [0.717, 1.165) is 6.07 Å². The van der Waals surface area contributed by atoms with Crippen LogP contribution in [0, 0.1) is 21.4 Å². The summed E-state index contributed by atoms with van der Waals surface area (Å²) in [6, 6.07) is 11.8. The van der Waals surface area contributed by atoms with E-state index in [-0.39, 0.29) is 17.0 Å². The summed E-state index contributed by atoms with van der Waals surface area (Å²) >= 11 is 0. The summed E-state index contributed by atoms with van der Waals surface area (Å²) in [7, 11) is 1.17. The van der Waals surface area contributed by atoms with Gasteiger partial charge >= 0.3 is 5.97 Å². The first-order valence-corrected chi connectivity index (χ1v) is 6.10. The maximum Gasteiger partial charge on any atom is 0.341 e. The highest BCUT2D eigenvalue weighted by Crippen LogP contribution is 2.29. The predicted octanol–water partition coefficient (Wildman–Crippen LogP) is 3.05. The van der Waals surface area contributed by atoms with Gasteiger partial charge in [0.05, 0.1) is 23.7 Å². The maximum absolute atomic E-state index is 11.7. The molecule has 2 rings (SSSR count). The minimum absolute atomic E-state index is 0.0546. The number of nitro benzene ring substituents is 1. The van der Waals surface area contributed by atoms with Gasteiger partial charge in [-0.3, -0.25) is 10.1 Å². The third-order valence-electron chi connectivity index (χ3n) is 2.79. The second-order valence-corrected chi connectivity index (χ2v) is 4.17. The van der Waals surface area contributed by atoms with E-state index >= 15 is 0 Å². The van der Waals surface area contributed by atoms with E-state index in [1.165, 1.54) is 19.2 Å². The van der Waals surface area contributed by atoms with Crippen LogP contribution < -0.4 is 4.74 Å². The van der Waals surface area contributed by atoms with Gasteiger partial charge in [0.1, 0.15) is 17.1 Å². The SMILES string of the molecule is COC(=O)c1cc([N+](=O)[O-])ccc1Oc1ccc(C#N)cc1. The van der Waals surface area contributed by atoms with Gasteiger partial charge in [-0.05, 0) is 30.3 Å². The Balaban J connectivity index is 2.38. The molecule has 0 atom stereocenters. The van der Waals surface area contributed by atoms with Gasteiger partial charge < -0.3 is 9.47 Å². The first kappa shape index (κ1) is 15.0. The Labute approximate surface area is 125 Å². The number of nitrogens with zero attached hydrogens (tertiary/aromatic N) is 2. The first-order chi connectivity index (χ1) is 10.5. The lowest BCUT2D eigenvalue weighted by Crippen LogP contribution is -2.04. The van der Waals surface area contributed by atoms with Crippen LogP contribution in [-0.4, -0.2) is 18.0 Å². The van der Waals surface area contributed by atoms with Crippen LogP contribution in [0.3, 0.4) is 0 Å². The van der Waals surface area contributed by atoms with Crippen molar-refractivity contribution in [3.63, 3.8) is 0 Å². The molecule has 0 aromatic heterocycles. The molecule has 0 aliphatic rings. The molecule has 0 N–H and O–H groups in total. The molecule has 0 fully saturated rings. The van der Waals surface area contributed by atoms with E-state index in [2.05, 4.69) is 4.74 Å². The number of hydrogen-bond acceptors (Lipinski definition) is 6. The van der Waals surface area contributed by atoms with Crippen molar-refractivity contribution < 1.29 is 19.2 Å². The number of rotatable bonds is 4. The van der Waals surface area contributed by atoms with E-state index in [4.69, 9.17) is 10.00 Å². The highest BCUT2D eigenvalue weighted by atomic mass is 16.6. The van der Waals surface area contributed by atoms with Gasteiger partial charge in [-0.1, -0.05) is 0 Å². The Kier molecular flexibility index (Phi) is 4.34. The lowest BCUT2D eigenvalue weighted by atomic mass is 10.1. The van der Waals surface area contributed by atoms with E-state index in [0.29, 0.717) is 11.3 Å². The summed E-state index contributed by atoms with van der Waals surface area (Å²) in [6.07, 6.45) is 0. The van der Waals surface area contributed by atoms with Crippen LogP contribution in [0.2, 0.25) is 0 Å². The zero-order valence-electron chi connectivity index (χ0n) is 11.5. The van der Waals surface area contributed by atoms with Crippen LogP contribution in [0.25, 0.3) is 0 Å². The molecule has 2 aromatic rings. The summed E-state index contributed by atoms with van der Waals surface area (Å²) < 4.78 is 10.1. The van der Waals surface area contributed by atoms with Crippen molar-refractivity contribution in [1.82, 2.24) is 0 Å². The summed E-state index contributed by atoms with van der Waals surface area (Å²) in [5, 5.41) is 19.5. The number of esters is 1. The molecule has 0 aliphatic carbocycles. The predicted molar refractivity (Wildman–Crippen MR) is 75.7 cm³/mol. The van der Waals surface area contributed by atoms with Crippen LogP contribution >= 0.6 is 0 Å². The molecule has 0 saturated heterocycles. The molecule has 0 aliphatic heterocycles. The topological polar surface area (TPSA) is 102 Å². The lowest BCUT2D eigenvalue weighted by molar-refractivity contribution is -0.384. The van der Waals surface area contributed by atoms with Crippen molar-refractivity contribution in [2.24, 2.45) is 0 Å². The average molecular weight is 298 g/mol. The number of nitro groups is 1. The standard InChI is InChI=1S/C15H10N2O5/c1-21-15(18)13-8-11(17(19)20)4-7-14(13)22-12-5-2-10(9-16)3-6-12/h2-8H,1H3. The average Bonchev–Trinajstić information content (AvgIpc) is 2.55. The molecular weight excluding hydrogens is 288 g/mol. The molecule has 0 saturated carbocycles. The fraction of sp³-hybridized carbons (Fsp3) is 0.0667. The largest absolute Gasteiger partial charge is 0.465 e. The molecule has 22 heavy (non-hydrogen) atoms. The van der Waals surface area contributed by atoms with Crippen molar-refractivity contribution in [3.8, 4) is 17.6 Å². The zero-order chi connectivity index (χ0) is 16.1. The quantitative estimate of drug-likeness (QED) is 0.488. The number of methoxy groups -OCH3 is 1. The fourth-order valence-corrected chi connectivity index (χ4v) is 1.71. The Bertz CT molecular complexity index is 762. The molecule has 0 spiro atoms. The molecular formula is C15H10N2O5. The molecule has 0 amide bonds. The molecule has 0 unspecified atom stereocenters. The summed E-state index contributed by atoms with van der Waals surface area (Å²) in [6.45, 7) is 0. The Morgan fingerprint density at radius 3 is 2.45 bits per heavy atom. The van der Waals surface area contributed by atoms with Crippen LogP contribution in [-0.2, 0) is 4.74 Å². The third kappa shape index (κ3) is 3.19. The smallest absolute Gasteiger partial charge is 0.341 e. The minimum atomic E-state index is -0.743. The minimum Gasteiger partial charge on any atom is -0.465 e. The lowest BCUT2D eigenvalue weighted by Gasteiger charge is -2.09. The molecule has 0 bridgehead atoms. The Morgan fingerprint density at radius 2 is 1.91 bits per heavy atom. The van der Waals surface area contributed by atoms with E-state index in [1.54, 1.807) is 24.3 Å². The Hall–Kier alpha value is -3.40. The zero-order valence-corrected chi connectivity index (χ0v) is 11.5. The second kappa shape index (κ2) is 6.37. The van der Waals surface area contributed by atoms with Crippen LogP contribution in [0.1, 0.15) is 15.9 Å². The second-order valence-electron chi connectivity index (χ2n) is 4.17. The number of carbonyl (C=O) groups excluding carboxylic acids is 1. The molecule has 2 aromatic carbocycles. The van der Waals surface area contributed by atoms with E-state index in [9.17, 15) is 14.9 Å². The summed E-state index contributed by atoms with van der Waals surface area (Å²) in [5.74, 6) is -0.229. The number of ether oxygens (including phenoxy) is 2. The summed E-state index contributed by atoms with van der Waals surface area (Å²) in [5.41, 5.74) is 0.165. The van der Waals surface area contributed by atoms with Gasteiger partial charge in [0.25, 0.3) is 5.69 Å². The number of hydrogen-bond donors (Lipinski definition) is 0. The van der Waals surface area contributed by atoms with Crippen LogP contribution in [0.5, 0.6) is 11.5 Å². The molecule has 0 radical (unpaired) electrons. The number of non-ortho nitro benzene ring substituents is 1. The van der Waals surface area contributed by atoms with Gasteiger partial charge in [-0.15, -0.1) is 0 Å². The first-order valence-electron chi connectivity index (χ1n) is 6.10. The number of benzene rings is 2. The molecule has 0 heterocycles. The van der Waals surface area contributed by atoms with Gasteiger partial charge in [0.2, 0.25) is 0 Å². The van der Waals surface area contributed by atoms with E-state index in [1.807, 2.05) is 6.07 Å². The number of nitriles is 1. The Morgan fingerprint density at radius 1 is 1.23 bits per heavy atom. The third-order valence-corrected chi connectivity index (χ3v) is 2.79.